The first-order chi connectivity index (χ1) is 5.73. The summed E-state index contributed by atoms with van der Waals surface area (Å²) >= 11 is 0. The van der Waals surface area contributed by atoms with Crippen molar-refractivity contribution in [3.05, 3.63) is 12.7 Å². The molecule has 0 N–H and O–H groups in total. The topological polar surface area (TPSA) is 30.7 Å². The third kappa shape index (κ3) is 1.65. The largest absolute Gasteiger partial charge is 0.247 e. The van der Waals surface area contributed by atoms with E-state index in [0.29, 0.717) is 0 Å². The molecule has 0 bridgehead atoms. The van der Waals surface area contributed by atoms with Crippen molar-refractivity contribution in [3.63, 3.8) is 0 Å². The molecule has 0 aromatic carbocycles. The number of hydrogen-bond donors (Lipinski definition) is 0. The van der Waals surface area contributed by atoms with Gasteiger partial charge in [-0.05, 0) is 19.8 Å². The molecule has 0 amide bonds. The van der Waals surface area contributed by atoms with Crippen molar-refractivity contribution in [2.75, 3.05) is 0 Å². The minimum atomic E-state index is 0.158. The van der Waals surface area contributed by atoms with Crippen molar-refractivity contribution in [1.29, 1.82) is 0 Å². The first-order valence-corrected chi connectivity index (χ1v) is 4.58. The Balaban J connectivity index is 2.80. The fourth-order valence-corrected chi connectivity index (χ4v) is 1.48. The van der Waals surface area contributed by atoms with E-state index in [1.807, 2.05) is 4.68 Å². The molecule has 0 radical (unpaired) electrons. The lowest BCUT2D eigenvalue weighted by Gasteiger charge is -2.27. The van der Waals surface area contributed by atoms with E-state index in [0.717, 1.165) is 12.8 Å². The van der Waals surface area contributed by atoms with Crippen molar-refractivity contribution in [2.45, 2.75) is 45.6 Å². The quantitative estimate of drug-likeness (QED) is 0.688. The Morgan fingerprint density at radius 2 is 2.17 bits per heavy atom. The van der Waals surface area contributed by atoms with Gasteiger partial charge >= 0.3 is 0 Å². The molecule has 0 saturated carbocycles. The number of rotatable bonds is 4. The van der Waals surface area contributed by atoms with Gasteiger partial charge in [-0.25, -0.2) is 9.67 Å². The smallest absolute Gasteiger partial charge is 0.137 e. The Bertz CT molecular complexity index is 218. The predicted molar refractivity (Wildman–Crippen MR) is 48.9 cm³/mol. The lowest BCUT2D eigenvalue weighted by molar-refractivity contribution is 0.250. The number of hydrogen-bond acceptors (Lipinski definition) is 2. The van der Waals surface area contributed by atoms with E-state index >= 15 is 0 Å². The summed E-state index contributed by atoms with van der Waals surface area (Å²) < 4.78 is 1.97. The van der Waals surface area contributed by atoms with Crippen LogP contribution in [0.4, 0.5) is 0 Å². The normalized spacial score (nSPS) is 15.9. The van der Waals surface area contributed by atoms with Crippen molar-refractivity contribution in [1.82, 2.24) is 14.8 Å². The summed E-state index contributed by atoms with van der Waals surface area (Å²) in [6, 6.07) is 0. The minimum absolute atomic E-state index is 0.158. The van der Waals surface area contributed by atoms with E-state index in [9.17, 15) is 0 Å². The number of nitrogens with zero attached hydrogens (tertiary/aromatic N) is 3. The molecule has 3 heteroatoms. The lowest BCUT2D eigenvalue weighted by atomic mass is 9.93. The van der Waals surface area contributed by atoms with Gasteiger partial charge < -0.3 is 0 Å². The maximum atomic E-state index is 4.18. The Morgan fingerprint density at radius 1 is 1.42 bits per heavy atom. The molecule has 3 nitrogen and oxygen atoms in total. The molecule has 0 aliphatic carbocycles. The molecule has 12 heavy (non-hydrogen) atoms. The fraction of sp³-hybridized carbons (Fsp3) is 0.778. The van der Waals surface area contributed by atoms with Crippen LogP contribution in [0.1, 0.15) is 40.0 Å². The highest BCUT2D eigenvalue weighted by molar-refractivity contribution is 4.79. The monoisotopic (exact) mass is 167 g/mol. The fourth-order valence-electron chi connectivity index (χ4n) is 1.48. The van der Waals surface area contributed by atoms with E-state index in [4.69, 9.17) is 0 Å². The van der Waals surface area contributed by atoms with Gasteiger partial charge in [0.05, 0.1) is 5.54 Å². The summed E-state index contributed by atoms with van der Waals surface area (Å²) in [6.45, 7) is 6.62. The van der Waals surface area contributed by atoms with Gasteiger partial charge in [0.15, 0.2) is 0 Å². The van der Waals surface area contributed by atoms with Crippen LogP contribution in [0.25, 0.3) is 0 Å². The molecule has 0 spiro atoms. The number of aromatic nitrogens is 3. The van der Waals surface area contributed by atoms with Crippen LogP contribution in [0, 0.1) is 0 Å². The Hall–Kier alpha value is -0.860. The second kappa shape index (κ2) is 3.70. The second-order valence-corrected chi connectivity index (χ2v) is 3.44. The molecule has 1 rings (SSSR count). The van der Waals surface area contributed by atoms with Crippen LogP contribution in [0.3, 0.4) is 0 Å². The van der Waals surface area contributed by atoms with Crippen LogP contribution in [-0.4, -0.2) is 14.8 Å². The van der Waals surface area contributed by atoms with Gasteiger partial charge in [-0.2, -0.15) is 5.10 Å². The summed E-state index contributed by atoms with van der Waals surface area (Å²) in [7, 11) is 0. The SMILES string of the molecule is CCCC(C)(CC)n1cncn1. The maximum absolute atomic E-state index is 4.18. The zero-order chi connectivity index (χ0) is 9.03. The molecular weight excluding hydrogens is 150 g/mol. The molecule has 0 fully saturated rings. The maximum Gasteiger partial charge on any atom is 0.137 e. The summed E-state index contributed by atoms with van der Waals surface area (Å²) in [4.78, 5) is 3.97. The molecule has 0 aliphatic rings. The van der Waals surface area contributed by atoms with Crippen molar-refractivity contribution < 1.29 is 0 Å². The Morgan fingerprint density at radius 3 is 2.58 bits per heavy atom. The zero-order valence-electron chi connectivity index (χ0n) is 8.12. The molecule has 1 atom stereocenters. The minimum Gasteiger partial charge on any atom is -0.247 e. The molecule has 1 unspecified atom stereocenters. The highest BCUT2D eigenvalue weighted by Gasteiger charge is 2.23. The van der Waals surface area contributed by atoms with Gasteiger partial charge in [0.1, 0.15) is 12.7 Å². The molecule has 0 aliphatic heterocycles. The highest BCUT2D eigenvalue weighted by Crippen LogP contribution is 2.24. The summed E-state index contributed by atoms with van der Waals surface area (Å²) in [6.07, 6.45) is 6.85. The van der Waals surface area contributed by atoms with Gasteiger partial charge in [-0.3, -0.25) is 0 Å². The standard InChI is InChI=1S/C9H17N3/c1-4-6-9(3,5-2)12-8-10-7-11-12/h7-8H,4-6H2,1-3H3. The van der Waals surface area contributed by atoms with Crippen LogP contribution in [0.2, 0.25) is 0 Å². The second-order valence-electron chi connectivity index (χ2n) is 3.44. The Labute approximate surface area is 73.8 Å². The van der Waals surface area contributed by atoms with Crippen molar-refractivity contribution in [3.8, 4) is 0 Å². The molecule has 0 saturated heterocycles. The Kier molecular flexibility index (Phi) is 2.84. The first kappa shape index (κ1) is 9.23. The van der Waals surface area contributed by atoms with Gasteiger partial charge in [0.2, 0.25) is 0 Å². The van der Waals surface area contributed by atoms with Crippen LogP contribution in [-0.2, 0) is 5.54 Å². The zero-order valence-corrected chi connectivity index (χ0v) is 8.12. The summed E-state index contributed by atoms with van der Waals surface area (Å²) in [5.41, 5.74) is 0.158. The van der Waals surface area contributed by atoms with E-state index in [1.54, 1.807) is 12.7 Å². The van der Waals surface area contributed by atoms with Crippen LogP contribution in [0.15, 0.2) is 12.7 Å². The average molecular weight is 167 g/mol. The third-order valence-electron chi connectivity index (χ3n) is 2.52. The van der Waals surface area contributed by atoms with Crippen molar-refractivity contribution in [2.24, 2.45) is 0 Å². The van der Waals surface area contributed by atoms with E-state index < -0.39 is 0 Å². The summed E-state index contributed by atoms with van der Waals surface area (Å²) in [5, 5.41) is 4.18. The molecule has 1 heterocycles. The van der Waals surface area contributed by atoms with Gasteiger partial charge in [0.25, 0.3) is 0 Å². The summed E-state index contributed by atoms with van der Waals surface area (Å²) in [5.74, 6) is 0. The van der Waals surface area contributed by atoms with E-state index in [2.05, 4.69) is 30.9 Å². The van der Waals surface area contributed by atoms with Crippen LogP contribution in [0.5, 0.6) is 0 Å². The van der Waals surface area contributed by atoms with Gasteiger partial charge in [-0.1, -0.05) is 20.3 Å². The molecule has 1 aromatic heterocycles. The molecular formula is C9H17N3. The molecule has 68 valence electrons. The van der Waals surface area contributed by atoms with Gasteiger partial charge in [0, 0.05) is 0 Å². The lowest BCUT2D eigenvalue weighted by Crippen LogP contribution is -2.29. The third-order valence-corrected chi connectivity index (χ3v) is 2.52. The van der Waals surface area contributed by atoms with Crippen molar-refractivity contribution >= 4 is 0 Å². The van der Waals surface area contributed by atoms with Gasteiger partial charge in [-0.15, -0.1) is 0 Å². The van der Waals surface area contributed by atoms with Crippen LogP contribution >= 0.6 is 0 Å². The molecule has 1 aromatic rings. The van der Waals surface area contributed by atoms with E-state index in [-0.39, 0.29) is 5.54 Å². The van der Waals surface area contributed by atoms with Crippen LogP contribution < -0.4 is 0 Å². The average Bonchev–Trinajstić information content (AvgIpc) is 2.57. The van der Waals surface area contributed by atoms with E-state index in [1.165, 1.54) is 6.42 Å². The predicted octanol–water partition coefficient (Wildman–Crippen LogP) is 2.20. The first-order valence-electron chi connectivity index (χ1n) is 4.58. The highest BCUT2D eigenvalue weighted by atomic mass is 15.3.